The molecule has 94 valence electrons. The molecule has 2 bridgehead atoms. The lowest BCUT2D eigenvalue weighted by Crippen LogP contribution is -2.55. The van der Waals surface area contributed by atoms with Crippen molar-refractivity contribution in [2.24, 2.45) is 0 Å². The molecule has 2 unspecified atom stereocenters. The standard InChI is InChI=1S/C11H20O5/c1-3-4-5-14-10-9(13-2)8(12)7-6-15-11(10)16-7/h7-12H,3-6H2,1-2H3/t7?,8-,9-,10?,11-/m1/s1. The number of methoxy groups -OCH3 is 1. The summed E-state index contributed by atoms with van der Waals surface area (Å²) in [5.41, 5.74) is 0. The van der Waals surface area contributed by atoms with Gasteiger partial charge in [0.1, 0.15) is 24.4 Å². The highest BCUT2D eigenvalue weighted by Crippen LogP contribution is 2.31. The minimum absolute atomic E-state index is 0.277. The van der Waals surface area contributed by atoms with Gasteiger partial charge in [0.05, 0.1) is 6.61 Å². The van der Waals surface area contributed by atoms with E-state index in [0.29, 0.717) is 13.2 Å². The summed E-state index contributed by atoms with van der Waals surface area (Å²) in [6.07, 6.45) is 0.0288. The zero-order chi connectivity index (χ0) is 11.5. The maximum Gasteiger partial charge on any atom is 0.187 e. The third-order valence-electron chi connectivity index (χ3n) is 3.12. The molecule has 5 atom stereocenters. The summed E-state index contributed by atoms with van der Waals surface area (Å²) in [5.74, 6) is 0. The van der Waals surface area contributed by atoms with Crippen molar-refractivity contribution in [1.82, 2.24) is 0 Å². The molecule has 2 aliphatic heterocycles. The lowest BCUT2D eigenvalue weighted by atomic mass is 10.0. The van der Waals surface area contributed by atoms with Crippen LogP contribution in [0.1, 0.15) is 19.8 Å². The van der Waals surface area contributed by atoms with Crippen LogP contribution in [-0.4, -0.2) is 56.1 Å². The average molecular weight is 232 g/mol. The Kier molecular flexibility index (Phi) is 4.16. The van der Waals surface area contributed by atoms with E-state index >= 15 is 0 Å². The SMILES string of the molecule is CCCCOC1[C@@H]2OCC(O2)[C@@H](O)[C@H]1OC. The Morgan fingerprint density at radius 2 is 2.19 bits per heavy atom. The highest BCUT2D eigenvalue weighted by atomic mass is 16.8. The Bertz CT molecular complexity index is 222. The molecule has 2 aliphatic rings. The summed E-state index contributed by atoms with van der Waals surface area (Å²) < 4.78 is 21.9. The number of hydrogen-bond acceptors (Lipinski definition) is 5. The highest BCUT2D eigenvalue weighted by Gasteiger charge is 2.51. The fourth-order valence-electron chi connectivity index (χ4n) is 2.16. The van der Waals surface area contributed by atoms with Crippen molar-refractivity contribution in [2.45, 2.75) is 50.5 Å². The third-order valence-corrected chi connectivity index (χ3v) is 3.12. The molecule has 0 aromatic carbocycles. The predicted octanol–water partition coefficient (Wildman–Crippen LogP) is 0.303. The van der Waals surface area contributed by atoms with E-state index in [0.717, 1.165) is 12.8 Å². The van der Waals surface area contributed by atoms with Gasteiger partial charge in [-0.2, -0.15) is 0 Å². The average Bonchev–Trinajstić information content (AvgIpc) is 2.72. The topological polar surface area (TPSA) is 57.2 Å². The van der Waals surface area contributed by atoms with Crippen molar-refractivity contribution in [3.63, 3.8) is 0 Å². The second-order valence-electron chi connectivity index (χ2n) is 4.26. The second-order valence-corrected chi connectivity index (χ2v) is 4.26. The number of aliphatic hydroxyl groups excluding tert-OH is 1. The van der Waals surface area contributed by atoms with Crippen LogP contribution >= 0.6 is 0 Å². The van der Waals surface area contributed by atoms with Gasteiger partial charge in [-0.25, -0.2) is 0 Å². The smallest absolute Gasteiger partial charge is 0.187 e. The van der Waals surface area contributed by atoms with Gasteiger partial charge in [-0.15, -0.1) is 0 Å². The molecule has 16 heavy (non-hydrogen) atoms. The second kappa shape index (κ2) is 5.42. The molecule has 0 amide bonds. The molecular formula is C11H20O5. The normalized spacial score (nSPS) is 42.6. The van der Waals surface area contributed by atoms with Crippen LogP contribution < -0.4 is 0 Å². The zero-order valence-corrected chi connectivity index (χ0v) is 9.80. The van der Waals surface area contributed by atoms with Crippen molar-refractivity contribution in [3.05, 3.63) is 0 Å². The molecule has 2 heterocycles. The van der Waals surface area contributed by atoms with E-state index < -0.39 is 12.4 Å². The van der Waals surface area contributed by atoms with Gasteiger partial charge in [-0.05, 0) is 6.42 Å². The van der Waals surface area contributed by atoms with E-state index in [4.69, 9.17) is 18.9 Å². The molecule has 5 nitrogen and oxygen atoms in total. The summed E-state index contributed by atoms with van der Waals surface area (Å²) in [4.78, 5) is 0. The van der Waals surface area contributed by atoms with E-state index in [-0.39, 0.29) is 18.3 Å². The van der Waals surface area contributed by atoms with Crippen LogP contribution in [0.3, 0.4) is 0 Å². The summed E-state index contributed by atoms with van der Waals surface area (Å²) in [6.45, 7) is 3.16. The van der Waals surface area contributed by atoms with Crippen LogP contribution in [0.5, 0.6) is 0 Å². The molecule has 0 spiro atoms. The number of hydrogen-bond donors (Lipinski definition) is 1. The maximum absolute atomic E-state index is 9.97. The molecule has 2 saturated heterocycles. The van der Waals surface area contributed by atoms with E-state index in [9.17, 15) is 5.11 Å². The van der Waals surface area contributed by atoms with Gasteiger partial charge in [0.25, 0.3) is 0 Å². The van der Waals surface area contributed by atoms with Crippen molar-refractivity contribution >= 4 is 0 Å². The first-order valence-corrected chi connectivity index (χ1v) is 5.87. The van der Waals surface area contributed by atoms with Crippen LogP contribution in [0.2, 0.25) is 0 Å². The monoisotopic (exact) mass is 232 g/mol. The predicted molar refractivity (Wildman–Crippen MR) is 56.1 cm³/mol. The molecule has 0 aromatic heterocycles. The van der Waals surface area contributed by atoms with Gasteiger partial charge in [-0.1, -0.05) is 13.3 Å². The Labute approximate surface area is 95.6 Å². The Hall–Kier alpha value is -0.200. The van der Waals surface area contributed by atoms with Gasteiger partial charge in [0.15, 0.2) is 6.29 Å². The van der Waals surface area contributed by atoms with Crippen molar-refractivity contribution in [3.8, 4) is 0 Å². The van der Waals surface area contributed by atoms with E-state index in [1.165, 1.54) is 0 Å². The van der Waals surface area contributed by atoms with Gasteiger partial charge in [0, 0.05) is 13.7 Å². The summed E-state index contributed by atoms with van der Waals surface area (Å²) in [7, 11) is 1.58. The molecule has 2 rings (SSSR count). The minimum Gasteiger partial charge on any atom is -0.387 e. The molecule has 5 heteroatoms. The zero-order valence-electron chi connectivity index (χ0n) is 9.80. The molecule has 0 radical (unpaired) electrons. The van der Waals surface area contributed by atoms with Gasteiger partial charge < -0.3 is 24.1 Å². The highest BCUT2D eigenvalue weighted by molar-refractivity contribution is 4.94. The first-order valence-electron chi connectivity index (χ1n) is 5.87. The maximum atomic E-state index is 9.97. The Balaban J connectivity index is 1.96. The van der Waals surface area contributed by atoms with Crippen LogP contribution in [0.15, 0.2) is 0 Å². The van der Waals surface area contributed by atoms with Gasteiger partial charge in [0.2, 0.25) is 0 Å². The number of ether oxygens (including phenoxy) is 4. The Morgan fingerprint density at radius 3 is 2.88 bits per heavy atom. The number of fused-ring (bicyclic) bond motifs is 2. The number of aliphatic hydroxyl groups is 1. The first kappa shape index (κ1) is 12.3. The largest absolute Gasteiger partial charge is 0.387 e. The third kappa shape index (κ3) is 2.24. The minimum atomic E-state index is -0.671. The molecule has 2 fully saturated rings. The summed E-state index contributed by atoms with van der Waals surface area (Å²) in [5, 5.41) is 9.97. The molecular weight excluding hydrogens is 212 g/mol. The van der Waals surface area contributed by atoms with Gasteiger partial charge >= 0.3 is 0 Å². The lowest BCUT2D eigenvalue weighted by Gasteiger charge is -2.37. The Morgan fingerprint density at radius 1 is 1.38 bits per heavy atom. The lowest BCUT2D eigenvalue weighted by molar-refractivity contribution is -0.248. The van der Waals surface area contributed by atoms with E-state index in [2.05, 4.69) is 6.92 Å². The van der Waals surface area contributed by atoms with Crippen molar-refractivity contribution in [2.75, 3.05) is 20.3 Å². The van der Waals surface area contributed by atoms with Crippen molar-refractivity contribution < 1.29 is 24.1 Å². The first-order chi connectivity index (χ1) is 7.77. The van der Waals surface area contributed by atoms with Gasteiger partial charge in [-0.3, -0.25) is 0 Å². The van der Waals surface area contributed by atoms with E-state index in [1.807, 2.05) is 0 Å². The molecule has 1 N–H and O–H groups in total. The summed E-state index contributed by atoms with van der Waals surface area (Å²) in [6, 6.07) is 0. The van der Waals surface area contributed by atoms with Crippen LogP contribution in [0.4, 0.5) is 0 Å². The van der Waals surface area contributed by atoms with Crippen molar-refractivity contribution in [1.29, 1.82) is 0 Å². The molecule has 0 saturated carbocycles. The fraction of sp³-hybridized carbons (Fsp3) is 1.00. The number of rotatable bonds is 5. The van der Waals surface area contributed by atoms with Crippen LogP contribution in [0.25, 0.3) is 0 Å². The fourth-order valence-corrected chi connectivity index (χ4v) is 2.16. The number of unbranched alkanes of at least 4 members (excludes halogenated alkanes) is 1. The van der Waals surface area contributed by atoms with Crippen LogP contribution in [0, 0.1) is 0 Å². The van der Waals surface area contributed by atoms with E-state index in [1.54, 1.807) is 7.11 Å². The summed E-state index contributed by atoms with van der Waals surface area (Å²) >= 11 is 0. The van der Waals surface area contributed by atoms with Crippen LogP contribution in [-0.2, 0) is 18.9 Å². The quantitative estimate of drug-likeness (QED) is 0.691. The molecule has 0 aromatic rings. The molecule has 0 aliphatic carbocycles.